The molecule has 0 fully saturated rings. The molecule has 0 saturated heterocycles. The second kappa shape index (κ2) is 8.08. The third-order valence-electron chi connectivity index (χ3n) is 2.55. The lowest BCUT2D eigenvalue weighted by molar-refractivity contribution is 0.549. The lowest BCUT2D eigenvalue weighted by Gasteiger charge is -2.11. The zero-order valence-corrected chi connectivity index (χ0v) is 12.6. The quantitative estimate of drug-likeness (QED) is 0.473. The molecule has 0 amide bonds. The average Bonchev–Trinajstić information content (AvgIpc) is 2.74. The van der Waals surface area contributed by atoms with Gasteiger partial charge in [0.05, 0.1) is 6.54 Å². The van der Waals surface area contributed by atoms with Crippen molar-refractivity contribution in [2.45, 2.75) is 40.2 Å². The van der Waals surface area contributed by atoms with Crippen LogP contribution in [0.25, 0.3) is 0 Å². The molecule has 0 bridgehead atoms. The van der Waals surface area contributed by atoms with Crippen molar-refractivity contribution in [2.24, 2.45) is 10.9 Å². The molecule has 1 heterocycles. The van der Waals surface area contributed by atoms with Crippen LogP contribution in [0.3, 0.4) is 0 Å². The maximum Gasteiger partial charge on any atom is 0.191 e. The van der Waals surface area contributed by atoms with Crippen LogP contribution in [-0.4, -0.2) is 24.5 Å². The highest BCUT2D eigenvalue weighted by Gasteiger charge is 2.01. The second-order valence-corrected chi connectivity index (χ2v) is 6.07. The molecule has 0 unspecified atom stereocenters. The maximum absolute atomic E-state index is 4.31. The SMILES string of the molecule is CN=C(NCCCC(C)C)NCc1ncc(C)s1. The van der Waals surface area contributed by atoms with Crippen LogP contribution in [-0.2, 0) is 6.54 Å². The molecule has 1 aromatic heterocycles. The molecule has 5 heteroatoms. The van der Waals surface area contributed by atoms with Gasteiger partial charge in [0, 0.05) is 24.7 Å². The fraction of sp³-hybridized carbons (Fsp3) is 0.692. The standard InChI is InChI=1S/C13H24N4S/c1-10(2)6-5-7-15-13(14-4)17-9-12-16-8-11(3)18-12/h8,10H,5-7,9H2,1-4H3,(H2,14,15,17). The Labute approximate surface area is 114 Å². The smallest absolute Gasteiger partial charge is 0.191 e. The summed E-state index contributed by atoms with van der Waals surface area (Å²) in [6.45, 7) is 8.27. The molecule has 18 heavy (non-hydrogen) atoms. The van der Waals surface area contributed by atoms with E-state index in [9.17, 15) is 0 Å². The number of hydrogen-bond acceptors (Lipinski definition) is 3. The van der Waals surface area contributed by atoms with E-state index in [0.29, 0.717) is 0 Å². The van der Waals surface area contributed by atoms with Gasteiger partial charge in [-0.15, -0.1) is 11.3 Å². The fourth-order valence-electron chi connectivity index (χ4n) is 1.58. The lowest BCUT2D eigenvalue weighted by atomic mass is 10.1. The van der Waals surface area contributed by atoms with Crippen molar-refractivity contribution in [1.82, 2.24) is 15.6 Å². The van der Waals surface area contributed by atoms with E-state index in [1.54, 1.807) is 18.4 Å². The molecule has 1 aromatic rings. The number of aliphatic imine (C=N–C) groups is 1. The normalized spacial score (nSPS) is 11.9. The largest absolute Gasteiger partial charge is 0.356 e. The molecule has 4 nitrogen and oxygen atoms in total. The van der Waals surface area contributed by atoms with E-state index in [2.05, 4.69) is 41.4 Å². The first-order chi connectivity index (χ1) is 8.61. The summed E-state index contributed by atoms with van der Waals surface area (Å²) in [6, 6.07) is 0. The molecule has 102 valence electrons. The number of thiazole rings is 1. The predicted molar refractivity (Wildman–Crippen MR) is 79.1 cm³/mol. The molecular weight excluding hydrogens is 244 g/mol. The number of hydrogen-bond donors (Lipinski definition) is 2. The molecule has 0 aliphatic heterocycles. The highest BCUT2D eigenvalue weighted by atomic mass is 32.1. The van der Waals surface area contributed by atoms with Crippen molar-refractivity contribution in [3.63, 3.8) is 0 Å². The van der Waals surface area contributed by atoms with E-state index in [0.717, 1.165) is 30.0 Å². The van der Waals surface area contributed by atoms with E-state index in [1.165, 1.54) is 17.7 Å². The first-order valence-corrected chi connectivity index (χ1v) is 7.29. The maximum atomic E-state index is 4.31. The molecule has 0 atom stereocenters. The fourth-order valence-corrected chi connectivity index (χ4v) is 2.31. The van der Waals surface area contributed by atoms with E-state index < -0.39 is 0 Å². The summed E-state index contributed by atoms with van der Waals surface area (Å²) in [7, 11) is 1.80. The van der Waals surface area contributed by atoms with Crippen molar-refractivity contribution in [1.29, 1.82) is 0 Å². The Hall–Kier alpha value is -1.10. The summed E-state index contributed by atoms with van der Waals surface area (Å²) < 4.78 is 0. The molecule has 0 aliphatic carbocycles. The lowest BCUT2D eigenvalue weighted by Crippen LogP contribution is -2.37. The zero-order valence-electron chi connectivity index (χ0n) is 11.8. The van der Waals surface area contributed by atoms with Gasteiger partial charge in [-0.05, 0) is 25.7 Å². The summed E-state index contributed by atoms with van der Waals surface area (Å²) in [6.07, 6.45) is 4.32. The van der Waals surface area contributed by atoms with Gasteiger partial charge >= 0.3 is 0 Å². The molecule has 0 aromatic carbocycles. The van der Waals surface area contributed by atoms with Gasteiger partial charge < -0.3 is 10.6 Å². The first-order valence-electron chi connectivity index (χ1n) is 6.47. The van der Waals surface area contributed by atoms with Crippen LogP contribution in [0, 0.1) is 12.8 Å². The highest BCUT2D eigenvalue weighted by Crippen LogP contribution is 2.10. The van der Waals surface area contributed by atoms with Crippen molar-refractivity contribution < 1.29 is 0 Å². The minimum Gasteiger partial charge on any atom is -0.356 e. The van der Waals surface area contributed by atoms with Gasteiger partial charge in [0.25, 0.3) is 0 Å². The molecule has 2 N–H and O–H groups in total. The predicted octanol–water partition coefficient (Wildman–Crippen LogP) is 2.55. The van der Waals surface area contributed by atoms with Gasteiger partial charge in [-0.3, -0.25) is 4.99 Å². The second-order valence-electron chi connectivity index (χ2n) is 4.75. The Balaban J connectivity index is 2.22. The third-order valence-corrected chi connectivity index (χ3v) is 3.46. The Morgan fingerprint density at radius 2 is 2.22 bits per heavy atom. The Morgan fingerprint density at radius 3 is 2.78 bits per heavy atom. The molecule has 0 saturated carbocycles. The summed E-state index contributed by atoms with van der Waals surface area (Å²) >= 11 is 1.72. The highest BCUT2D eigenvalue weighted by molar-refractivity contribution is 7.11. The van der Waals surface area contributed by atoms with Gasteiger partial charge in [0.2, 0.25) is 0 Å². The molecule has 0 radical (unpaired) electrons. The Bertz CT molecular complexity index is 371. The number of aryl methyl sites for hydroxylation is 1. The van der Waals surface area contributed by atoms with E-state index in [-0.39, 0.29) is 0 Å². The summed E-state index contributed by atoms with van der Waals surface area (Å²) in [4.78, 5) is 9.76. The molecular formula is C13H24N4S. The van der Waals surface area contributed by atoms with E-state index in [4.69, 9.17) is 0 Å². The van der Waals surface area contributed by atoms with Crippen molar-refractivity contribution in [3.05, 3.63) is 16.1 Å². The van der Waals surface area contributed by atoms with E-state index >= 15 is 0 Å². The van der Waals surface area contributed by atoms with Crippen molar-refractivity contribution in [2.75, 3.05) is 13.6 Å². The van der Waals surface area contributed by atoms with Gasteiger partial charge in [-0.2, -0.15) is 0 Å². The third kappa shape index (κ3) is 6.00. The number of nitrogens with one attached hydrogen (secondary N) is 2. The van der Waals surface area contributed by atoms with Crippen LogP contribution in [0.15, 0.2) is 11.2 Å². The molecule has 0 aliphatic rings. The van der Waals surface area contributed by atoms with E-state index in [1.807, 2.05) is 6.20 Å². The van der Waals surface area contributed by atoms with Crippen LogP contribution in [0.1, 0.15) is 36.6 Å². The van der Waals surface area contributed by atoms with Crippen LogP contribution in [0.2, 0.25) is 0 Å². The number of aromatic nitrogens is 1. The van der Waals surface area contributed by atoms with Crippen LogP contribution in [0.5, 0.6) is 0 Å². The molecule has 1 rings (SSSR count). The summed E-state index contributed by atoms with van der Waals surface area (Å²) in [5, 5.41) is 7.69. The van der Waals surface area contributed by atoms with Crippen molar-refractivity contribution in [3.8, 4) is 0 Å². The average molecular weight is 268 g/mol. The summed E-state index contributed by atoms with van der Waals surface area (Å²) in [5.74, 6) is 1.62. The molecule has 0 spiro atoms. The topological polar surface area (TPSA) is 49.3 Å². The van der Waals surface area contributed by atoms with Gasteiger partial charge in [-0.1, -0.05) is 13.8 Å². The van der Waals surface area contributed by atoms with Crippen LogP contribution >= 0.6 is 11.3 Å². The van der Waals surface area contributed by atoms with Crippen LogP contribution < -0.4 is 10.6 Å². The number of guanidine groups is 1. The number of rotatable bonds is 6. The zero-order chi connectivity index (χ0) is 13.4. The Kier molecular flexibility index (Phi) is 6.72. The minimum absolute atomic E-state index is 0.738. The Morgan fingerprint density at radius 1 is 1.44 bits per heavy atom. The monoisotopic (exact) mass is 268 g/mol. The van der Waals surface area contributed by atoms with Gasteiger partial charge in [-0.25, -0.2) is 4.98 Å². The van der Waals surface area contributed by atoms with Crippen molar-refractivity contribution >= 4 is 17.3 Å². The first kappa shape index (κ1) is 15.0. The van der Waals surface area contributed by atoms with Gasteiger partial charge in [0.15, 0.2) is 5.96 Å². The minimum atomic E-state index is 0.738. The summed E-state index contributed by atoms with van der Waals surface area (Å²) in [5.41, 5.74) is 0. The van der Waals surface area contributed by atoms with Crippen LogP contribution in [0.4, 0.5) is 0 Å². The van der Waals surface area contributed by atoms with Gasteiger partial charge in [0.1, 0.15) is 5.01 Å². The number of nitrogens with zero attached hydrogens (tertiary/aromatic N) is 2.